The lowest BCUT2D eigenvalue weighted by molar-refractivity contribution is -0.139. The molecule has 108 valence electrons. The molecule has 0 amide bonds. The van der Waals surface area contributed by atoms with Crippen molar-refractivity contribution < 1.29 is 22.7 Å². The molecule has 3 aromatic rings. The second kappa shape index (κ2) is 4.47. The Morgan fingerprint density at radius 3 is 2.57 bits per heavy atom. The third kappa shape index (κ3) is 2.31. The van der Waals surface area contributed by atoms with Crippen molar-refractivity contribution in [2.75, 3.05) is 0 Å². The van der Waals surface area contributed by atoms with Crippen LogP contribution >= 0.6 is 0 Å². The molecular formula is C14H8F4N2O. The number of imidazole rings is 1. The van der Waals surface area contributed by atoms with Crippen molar-refractivity contribution in [3.8, 4) is 17.1 Å². The van der Waals surface area contributed by atoms with Crippen molar-refractivity contribution in [1.29, 1.82) is 0 Å². The summed E-state index contributed by atoms with van der Waals surface area (Å²) in [4.78, 5) is 6.73. The van der Waals surface area contributed by atoms with E-state index in [0.29, 0.717) is 17.1 Å². The standard InChI is InChI=1S/C14H8F4N2O/c15-12-8(2-1-3-9(12)14(16,17)18)13-19-10-5-4-7(21)6-11(10)20-13/h1-6,21H,(H,19,20). The van der Waals surface area contributed by atoms with Gasteiger partial charge in [0.1, 0.15) is 17.4 Å². The number of alkyl halides is 3. The SMILES string of the molecule is Oc1ccc2nc(-c3cccc(C(F)(F)F)c3F)[nH]c2c1. The lowest BCUT2D eigenvalue weighted by Crippen LogP contribution is -2.08. The molecular weight excluding hydrogens is 288 g/mol. The molecule has 0 radical (unpaired) electrons. The van der Waals surface area contributed by atoms with Gasteiger partial charge in [0.15, 0.2) is 0 Å². The van der Waals surface area contributed by atoms with Crippen LogP contribution in [0.25, 0.3) is 22.4 Å². The van der Waals surface area contributed by atoms with Gasteiger partial charge in [0, 0.05) is 6.07 Å². The average molecular weight is 296 g/mol. The Labute approximate surface area is 115 Å². The van der Waals surface area contributed by atoms with Gasteiger partial charge in [-0.05, 0) is 24.3 Å². The van der Waals surface area contributed by atoms with E-state index in [1.54, 1.807) is 0 Å². The Kier molecular flexibility index (Phi) is 2.86. The highest BCUT2D eigenvalue weighted by Crippen LogP contribution is 2.35. The van der Waals surface area contributed by atoms with E-state index < -0.39 is 17.6 Å². The second-order valence-corrected chi connectivity index (χ2v) is 4.45. The van der Waals surface area contributed by atoms with Crippen LogP contribution in [0.5, 0.6) is 5.75 Å². The molecule has 0 aliphatic heterocycles. The number of rotatable bonds is 1. The second-order valence-electron chi connectivity index (χ2n) is 4.45. The molecule has 0 aliphatic rings. The molecule has 0 fully saturated rings. The highest BCUT2D eigenvalue weighted by molar-refractivity contribution is 5.80. The number of phenols is 1. The fraction of sp³-hybridized carbons (Fsp3) is 0.0714. The van der Waals surface area contributed by atoms with E-state index in [-0.39, 0.29) is 17.1 Å². The smallest absolute Gasteiger partial charge is 0.419 e. The molecule has 1 heterocycles. The topological polar surface area (TPSA) is 48.9 Å². The summed E-state index contributed by atoms with van der Waals surface area (Å²) in [7, 11) is 0. The first-order valence-corrected chi connectivity index (χ1v) is 5.91. The molecule has 2 N–H and O–H groups in total. The van der Waals surface area contributed by atoms with Crippen LogP contribution in [0, 0.1) is 5.82 Å². The summed E-state index contributed by atoms with van der Waals surface area (Å²) in [6.07, 6.45) is -4.77. The zero-order valence-electron chi connectivity index (χ0n) is 10.4. The molecule has 0 saturated carbocycles. The van der Waals surface area contributed by atoms with Crippen molar-refractivity contribution in [2.45, 2.75) is 6.18 Å². The minimum Gasteiger partial charge on any atom is -0.508 e. The highest BCUT2D eigenvalue weighted by atomic mass is 19.4. The predicted molar refractivity (Wildman–Crippen MR) is 68.2 cm³/mol. The van der Waals surface area contributed by atoms with Gasteiger partial charge in [-0.15, -0.1) is 0 Å². The number of phenolic OH excluding ortho intramolecular Hbond substituents is 1. The molecule has 7 heteroatoms. The Balaban J connectivity index is 2.19. The molecule has 3 nitrogen and oxygen atoms in total. The van der Waals surface area contributed by atoms with Gasteiger partial charge in [0.05, 0.1) is 22.2 Å². The van der Waals surface area contributed by atoms with Crippen LogP contribution in [0.2, 0.25) is 0 Å². The van der Waals surface area contributed by atoms with Crippen LogP contribution in [-0.2, 0) is 6.18 Å². The van der Waals surface area contributed by atoms with Crippen molar-refractivity contribution in [1.82, 2.24) is 9.97 Å². The van der Waals surface area contributed by atoms with Gasteiger partial charge in [0.2, 0.25) is 0 Å². The van der Waals surface area contributed by atoms with Crippen LogP contribution in [0.15, 0.2) is 36.4 Å². The first kappa shape index (κ1) is 13.4. The fourth-order valence-corrected chi connectivity index (χ4v) is 2.06. The van der Waals surface area contributed by atoms with E-state index >= 15 is 0 Å². The van der Waals surface area contributed by atoms with Crippen molar-refractivity contribution in [3.05, 3.63) is 47.8 Å². The summed E-state index contributed by atoms with van der Waals surface area (Å²) in [5.74, 6) is -1.44. The summed E-state index contributed by atoms with van der Waals surface area (Å²) >= 11 is 0. The summed E-state index contributed by atoms with van der Waals surface area (Å²) in [5, 5.41) is 9.34. The number of aromatic amines is 1. The number of nitrogens with zero attached hydrogens (tertiary/aromatic N) is 1. The monoisotopic (exact) mass is 296 g/mol. The van der Waals surface area contributed by atoms with E-state index in [4.69, 9.17) is 0 Å². The first-order valence-electron chi connectivity index (χ1n) is 5.91. The number of H-pyrrole nitrogens is 1. The molecule has 0 unspecified atom stereocenters. The highest BCUT2D eigenvalue weighted by Gasteiger charge is 2.35. The minimum absolute atomic E-state index is 0.0257. The van der Waals surface area contributed by atoms with Gasteiger partial charge in [0.25, 0.3) is 0 Å². The molecule has 3 rings (SSSR count). The summed E-state index contributed by atoms with van der Waals surface area (Å²) < 4.78 is 52.1. The van der Waals surface area contributed by atoms with Crippen molar-refractivity contribution in [3.63, 3.8) is 0 Å². The Bertz CT molecular complexity index is 823. The lowest BCUT2D eigenvalue weighted by Gasteiger charge is -2.09. The van der Waals surface area contributed by atoms with Gasteiger partial charge in [-0.3, -0.25) is 0 Å². The van der Waals surface area contributed by atoms with E-state index in [1.165, 1.54) is 24.3 Å². The van der Waals surface area contributed by atoms with Crippen LogP contribution in [0.3, 0.4) is 0 Å². The van der Waals surface area contributed by atoms with E-state index in [2.05, 4.69) is 9.97 Å². The fourth-order valence-electron chi connectivity index (χ4n) is 2.06. The summed E-state index contributed by atoms with van der Waals surface area (Å²) in [6, 6.07) is 7.23. The van der Waals surface area contributed by atoms with Gasteiger partial charge >= 0.3 is 6.18 Å². The zero-order chi connectivity index (χ0) is 15.2. The van der Waals surface area contributed by atoms with E-state index in [1.807, 2.05) is 0 Å². The third-order valence-electron chi connectivity index (χ3n) is 3.02. The largest absolute Gasteiger partial charge is 0.508 e. The summed E-state index contributed by atoms with van der Waals surface area (Å²) in [5.41, 5.74) is -0.801. The van der Waals surface area contributed by atoms with Crippen LogP contribution < -0.4 is 0 Å². The number of hydrogen-bond acceptors (Lipinski definition) is 2. The van der Waals surface area contributed by atoms with Gasteiger partial charge in [-0.25, -0.2) is 9.37 Å². The molecule has 0 bridgehead atoms. The predicted octanol–water partition coefficient (Wildman–Crippen LogP) is 4.09. The van der Waals surface area contributed by atoms with Gasteiger partial charge in [-0.2, -0.15) is 13.2 Å². The maximum Gasteiger partial charge on any atom is 0.419 e. The number of nitrogens with one attached hydrogen (secondary N) is 1. The number of benzene rings is 2. The molecule has 0 atom stereocenters. The van der Waals surface area contributed by atoms with Crippen LogP contribution in [0.4, 0.5) is 17.6 Å². The molecule has 0 aliphatic carbocycles. The third-order valence-corrected chi connectivity index (χ3v) is 3.02. The Morgan fingerprint density at radius 2 is 1.86 bits per heavy atom. The number of aromatic nitrogens is 2. The number of hydrogen-bond donors (Lipinski definition) is 2. The Hall–Kier alpha value is -2.57. The zero-order valence-corrected chi connectivity index (χ0v) is 10.4. The van der Waals surface area contributed by atoms with Crippen LogP contribution in [-0.4, -0.2) is 15.1 Å². The van der Waals surface area contributed by atoms with E-state index in [0.717, 1.165) is 6.07 Å². The molecule has 1 aromatic heterocycles. The molecule has 0 spiro atoms. The Morgan fingerprint density at radius 1 is 1.10 bits per heavy atom. The minimum atomic E-state index is -4.77. The average Bonchev–Trinajstić information content (AvgIpc) is 2.80. The molecule has 0 saturated heterocycles. The van der Waals surface area contributed by atoms with Gasteiger partial charge < -0.3 is 10.1 Å². The van der Waals surface area contributed by atoms with E-state index in [9.17, 15) is 22.7 Å². The first-order chi connectivity index (χ1) is 9.86. The number of halogens is 4. The van der Waals surface area contributed by atoms with Gasteiger partial charge in [-0.1, -0.05) is 6.07 Å². The molecule has 21 heavy (non-hydrogen) atoms. The summed E-state index contributed by atoms with van der Waals surface area (Å²) in [6.45, 7) is 0. The van der Waals surface area contributed by atoms with Crippen molar-refractivity contribution in [2.24, 2.45) is 0 Å². The van der Waals surface area contributed by atoms with Crippen molar-refractivity contribution >= 4 is 11.0 Å². The quantitative estimate of drug-likeness (QED) is 0.664. The maximum absolute atomic E-state index is 14.0. The normalized spacial score (nSPS) is 12.0. The maximum atomic E-state index is 14.0. The number of fused-ring (bicyclic) bond motifs is 1. The number of aromatic hydroxyl groups is 1. The lowest BCUT2D eigenvalue weighted by atomic mass is 10.1. The molecule has 2 aromatic carbocycles. The van der Waals surface area contributed by atoms with Crippen LogP contribution in [0.1, 0.15) is 5.56 Å².